The Morgan fingerprint density at radius 1 is 1.46 bits per heavy atom. The van der Waals surface area contributed by atoms with Crippen LogP contribution in [0.1, 0.15) is 39.0 Å². The highest BCUT2D eigenvalue weighted by Gasteiger charge is 2.03. The van der Waals surface area contributed by atoms with E-state index < -0.39 is 5.97 Å². The first-order valence-electron chi connectivity index (χ1n) is 4.81. The minimum atomic E-state index is -0.815. The maximum atomic E-state index is 10.6. The smallest absolute Gasteiger partial charge is 0.331 e. The van der Waals surface area contributed by atoms with Gasteiger partial charge in [0.1, 0.15) is 0 Å². The molecule has 1 aliphatic rings. The molecule has 0 bridgehead atoms. The van der Waals surface area contributed by atoms with Crippen molar-refractivity contribution < 1.29 is 9.90 Å². The maximum Gasteiger partial charge on any atom is 0.331 e. The summed E-state index contributed by atoms with van der Waals surface area (Å²) in [7, 11) is 0. The van der Waals surface area contributed by atoms with E-state index in [4.69, 9.17) is 5.11 Å². The zero-order valence-electron chi connectivity index (χ0n) is 8.05. The lowest BCUT2D eigenvalue weighted by Crippen LogP contribution is -1.96. The molecule has 1 aliphatic carbocycles. The molecular weight excluding hydrogens is 164 g/mol. The molecule has 1 rings (SSSR count). The molecule has 72 valence electrons. The summed E-state index contributed by atoms with van der Waals surface area (Å²) in [5.74, 6) is -0.815. The Hall–Kier alpha value is -1.05. The molecule has 13 heavy (non-hydrogen) atoms. The van der Waals surface area contributed by atoms with Crippen LogP contribution in [0.5, 0.6) is 0 Å². The predicted octanol–water partition coefficient (Wildman–Crippen LogP) is 2.91. The first-order valence-corrected chi connectivity index (χ1v) is 4.81. The Morgan fingerprint density at radius 3 is 2.92 bits per heavy atom. The third kappa shape index (κ3) is 3.45. The van der Waals surface area contributed by atoms with E-state index in [0.717, 1.165) is 12.8 Å². The number of carboxylic acids is 1. The molecule has 0 saturated heterocycles. The van der Waals surface area contributed by atoms with Gasteiger partial charge in [0.25, 0.3) is 0 Å². The Morgan fingerprint density at radius 2 is 2.23 bits per heavy atom. The number of aliphatic carboxylic acids is 1. The van der Waals surface area contributed by atoms with Crippen molar-refractivity contribution in [2.24, 2.45) is 0 Å². The summed E-state index contributed by atoms with van der Waals surface area (Å²) in [5.41, 5.74) is 1.63. The van der Waals surface area contributed by atoms with Crippen LogP contribution in [0.15, 0.2) is 23.3 Å². The molecule has 0 aromatic carbocycles. The number of allylic oxidation sites excluding steroid dienone is 3. The molecule has 2 nitrogen and oxygen atoms in total. The van der Waals surface area contributed by atoms with Crippen LogP contribution in [-0.4, -0.2) is 11.1 Å². The van der Waals surface area contributed by atoms with Gasteiger partial charge in [0.15, 0.2) is 0 Å². The molecule has 0 aromatic rings. The van der Waals surface area contributed by atoms with Gasteiger partial charge in [0.05, 0.1) is 0 Å². The Kier molecular flexibility index (Phi) is 3.74. The van der Waals surface area contributed by atoms with Gasteiger partial charge in [-0.2, -0.15) is 0 Å². The van der Waals surface area contributed by atoms with Gasteiger partial charge >= 0.3 is 5.97 Å². The highest BCUT2D eigenvalue weighted by molar-refractivity contribution is 5.86. The minimum absolute atomic E-state index is 0.438. The van der Waals surface area contributed by atoms with Gasteiger partial charge in [0, 0.05) is 5.57 Å². The molecular formula is C11H16O2. The van der Waals surface area contributed by atoms with Gasteiger partial charge in [-0.05, 0) is 38.7 Å². The molecule has 2 heteroatoms. The molecule has 0 unspecified atom stereocenters. The highest BCUT2D eigenvalue weighted by Crippen LogP contribution is 2.19. The van der Waals surface area contributed by atoms with E-state index in [9.17, 15) is 4.79 Å². The van der Waals surface area contributed by atoms with Crippen LogP contribution >= 0.6 is 0 Å². The average Bonchev–Trinajstić information content (AvgIpc) is 2.32. The first kappa shape index (κ1) is 10.0. The summed E-state index contributed by atoms with van der Waals surface area (Å²) < 4.78 is 0. The third-order valence-corrected chi connectivity index (χ3v) is 2.32. The zero-order valence-corrected chi connectivity index (χ0v) is 8.05. The SMILES string of the molecule is CC(=CC1=CCCCCC1)C(=O)O. The molecule has 0 aromatic heterocycles. The summed E-state index contributed by atoms with van der Waals surface area (Å²) in [4.78, 5) is 10.6. The average molecular weight is 180 g/mol. The summed E-state index contributed by atoms with van der Waals surface area (Å²) in [6.45, 7) is 1.65. The molecule has 0 spiro atoms. The molecule has 0 heterocycles. The van der Waals surface area contributed by atoms with Crippen LogP contribution in [0.4, 0.5) is 0 Å². The molecule has 1 N–H and O–H groups in total. The fraction of sp³-hybridized carbons (Fsp3) is 0.545. The van der Waals surface area contributed by atoms with Crippen molar-refractivity contribution >= 4 is 5.97 Å². The fourth-order valence-electron chi connectivity index (χ4n) is 1.51. The lowest BCUT2D eigenvalue weighted by molar-refractivity contribution is -0.132. The monoisotopic (exact) mass is 180 g/mol. The zero-order chi connectivity index (χ0) is 9.68. The molecule has 0 saturated carbocycles. The minimum Gasteiger partial charge on any atom is -0.478 e. The van der Waals surface area contributed by atoms with Crippen molar-refractivity contribution in [3.63, 3.8) is 0 Å². The van der Waals surface area contributed by atoms with Crippen molar-refractivity contribution in [2.75, 3.05) is 0 Å². The van der Waals surface area contributed by atoms with Crippen molar-refractivity contribution in [3.8, 4) is 0 Å². The Bertz CT molecular complexity index is 249. The predicted molar refractivity (Wildman–Crippen MR) is 52.6 cm³/mol. The summed E-state index contributed by atoms with van der Waals surface area (Å²) >= 11 is 0. The number of hydrogen-bond acceptors (Lipinski definition) is 1. The van der Waals surface area contributed by atoms with Crippen molar-refractivity contribution in [2.45, 2.75) is 39.0 Å². The molecule has 0 radical (unpaired) electrons. The summed E-state index contributed by atoms with van der Waals surface area (Å²) in [6, 6.07) is 0. The fourth-order valence-corrected chi connectivity index (χ4v) is 1.51. The van der Waals surface area contributed by atoms with Gasteiger partial charge < -0.3 is 5.11 Å². The number of rotatable bonds is 2. The largest absolute Gasteiger partial charge is 0.478 e. The second-order valence-corrected chi connectivity index (χ2v) is 3.51. The van der Waals surface area contributed by atoms with E-state index in [1.807, 2.05) is 0 Å². The number of carboxylic acid groups (broad SMARTS) is 1. The maximum absolute atomic E-state index is 10.6. The van der Waals surface area contributed by atoms with Crippen LogP contribution in [0.2, 0.25) is 0 Å². The van der Waals surface area contributed by atoms with E-state index in [2.05, 4.69) is 6.08 Å². The van der Waals surface area contributed by atoms with Crippen molar-refractivity contribution in [1.82, 2.24) is 0 Å². The van der Waals surface area contributed by atoms with Gasteiger partial charge in [-0.15, -0.1) is 0 Å². The lowest BCUT2D eigenvalue weighted by Gasteiger charge is -1.98. The first-order chi connectivity index (χ1) is 6.20. The standard InChI is InChI=1S/C11H16O2/c1-9(11(12)13)8-10-6-4-2-3-5-7-10/h6,8H,2-5,7H2,1H3,(H,12,13). The van der Waals surface area contributed by atoms with Gasteiger partial charge in [-0.1, -0.05) is 18.1 Å². The van der Waals surface area contributed by atoms with E-state index >= 15 is 0 Å². The van der Waals surface area contributed by atoms with E-state index in [1.54, 1.807) is 13.0 Å². The van der Waals surface area contributed by atoms with Crippen LogP contribution < -0.4 is 0 Å². The van der Waals surface area contributed by atoms with Crippen LogP contribution in [0.25, 0.3) is 0 Å². The number of carbonyl (C=O) groups is 1. The Balaban J connectivity index is 2.65. The number of hydrogen-bond donors (Lipinski definition) is 1. The second kappa shape index (κ2) is 4.85. The topological polar surface area (TPSA) is 37.3 Å². The highest BCUT2D eigenvalue weighted by atomic mass is 16.4. The third-order valence-electron chi connectivity index (χ3n) is 2.32. The molecule has 0 amide bonds. The van der Waals surface area contributed by atoms with E-state index in [1.165, 1.54) is 24.8 Å². The van der Waals surface area contributed by atoms with Crippen molar-refractivity contribution in [3.05, 3.63) is 23.3 Å². The van der Waals surface area contributed by atoms with Crippen molar-refractivity contribution in [1.29, 1.82) is 0 Å². The Labute approximate surface area is 79.0 Å². The quantitative estimate of drug-likeness (QED) is 0.663. The molecule has 0 aliphatic heterocycles. The van der Waals surface area contributed by atoms with Crippen LogP contribution in [0, 0.1) is 0 Å². The summed E-state index contributed by atoms with van der Waals surface area (Å²) in [6.07, 6.45) is 9.79. The second-order valence-electron chi connectivity index (χ2n) is 3.51. The van der Waals surface area contributed by atoms with Gasteiger partial charge in [-0.3, -0.25) is 0 Å². The van der Waals surface area contributed by atoms with Crippen LogP contribution in [0.3, 0.4) is 0 Å². The van der Waals surface area contributed by atoms with Crippen LogP contribution in [-0.2, 0) is 4.79 Å². The van der Waals surface area contributed by atoms with E-state index in [-0.39, 0.29) is 0 Å². The van der Waals surface area contributed by atoms with Gasteiger partial charge in [-0.25, -0.2) is 4.79 Å². The molecule has 0 fully saturated rings. The summed E-state index contributed by atoms with van der Waals surface area (Å²) in [5, 5.41) is 8.69. The van der Waals surface area contributed by atoms with E-state index in [0.29, 0.717) is 5.57 Å². The normalized spacial score (nSPS) is 19.2. The van der Waals surface area contributed by atoms with Gasteiger partial charge in [0.2, 0.25) is 0 Å². The molecule has 0 atom stereocenters. The lowest BCUT2D eigenvalue weighted by atomic mass is 10.1.